The van der Waals surface area contributed by atoms with Crippen LogP contribution in [0.2, 0.25) is 10.0 Å². The fourth-order valence-electron chi connectivity index (χ4n) is 7.32. The molecule has 3 aliphatic heterocycles. The van der Waals surface area contributed by atoms with Crippen molar-refractivity contribution in [2.75, 3.05) is 66.6 Å². The number of aromatic nitrogens is 4. The average molecular weight is 732 g/mol. The monoisotopic (exact) mass is 730 g/mol. The SMILES string of the molecule is COc1nc(-c2cccc(-c3cccc(-c4cnc(CN5CC6(C5)CN(C(C)=O)C6)c(OC)n4)c3Cl)c2Cl)cnc1CN1CCN(C(C)=O)CC1. The van der Waals surface area contributed by atoms with Crippen LogP contribution < -0.4 is 9.47 Å². The summed E-state index contributed by atoms with van der Waals surface area (Å²) >= 11 is 14.2. The molecule has 2 aromatic heterocycles. The van der Waals surface area contributed by atoms with Crippen molar-refractivity contribution in [1.82, 2.24) is 39.5 Å². The second kappa shape index (κ2) is 14.3. The molecule has 2 amide bonds. The maximum absolute atomic E-state index is 11.7. The largest absolute Gasteiger partial charge is 0.480 e. The normalized spacial score (nSPS) is 17.2. The summed E-state index contributed by atoms with van der Waals surface area (Å²) in [5.74, 6) is 1.10. The summed E-state index contributed by atoms with van der Waals surface area (Å²) in [6.45, 7) is 10.7. The zero-order valence-electron chi connectivity index (χ0n) is 29.2. The second-order valence-corrected chi connectivity index (χ2v) is 14.3. The number of carbonyl (C=O) groups is 2. The van der Waals surface area contributed by atoms with E-state index < -0.39 is 0 Å². The summed E-state index contributed by atoms with van der Waals surface area (Å²) in [6.07, 6.45) is 3.44. The number of amides is 2. The molecule has 3 aliphatic rings. The van der Waals surface area contributed by atoms with E-state index in [1.54, 1.807) is 40.5 Å². The van der Waals surface area contributed by atoms with Gasteiger partial charge in [0, 0.05) is 107 Å². The zero-order valence-corrected chi connectivity index (χ0v) is 30.7. The standard InChI is InChI=1S/C37H40Cl2N8O4/c1-23(48)46-13-11-44(12-14-46)17-31-35(50-3)42-29(15-40-31)27-9-5-7-25(33(27)38)26-8-6-10-28(34(26)39)30-16-41-32(36(43-30)51-4)18-45-19-37(20-45)21-47(22-37)24(2)49/h5-10,15-16H,11-14,17-22H2,1-4H3. The number of halogens is 2. The van der Waals surface area contributed by atoms with Crippen LogP contribution in [0.5, 0.6) is 11.8 Å². The maximum atomic E-state index is 11.7. The minimum Gasteiger partial charge on any atom is -0.480 e. The van der Waals surface area contributed by atoms with Crippen LogP contribution in [0, 0.1) is 5.41 Å². The lowest BCUT2D eigenvalue weighted by Gasteiger charge is -2.60. The number of ether oxygens (including phenoxy) is 2. The number of piperazine rings is 1. The third kappa shape index (κ3) is 6.97. The van der Waals surface area contributed by atoms with Crippen LogP contribution in [0.25, 0.3) is 33.6 Å². The number of methoxy groups -OCH3 is 2. The number of rotatable bonds is 9. The molecule has 0 unspecified atom stereocenters. The van der Waals surface area contributed by atoms with Crippen LogP contribution in [0.15, 0.2) is 48.8 Å². The van der Waals surface area contributed by atoms with E-state index in [-0.39, 0.29) is 17.2 Å². The number of benzene rings is 2. The van der Waals surface area contributed by atoms with E-state index >= 15 is 0 Å². The van der Waals surface area contributed by atoms with Crippen molar-refractivity contribution in [3.63, 3.8) is 0 Å². The van der Waals surface area contributed by atoms with Crippen molar-refractivity contribution in [2.24, 2.45) is 5.41 Å². The molecule has 3 fully saturated rings. The first-order valence-electron chi connectivity index (χ1n) is 16.9. The average Bonchev–Trinajstić information content (AvgIpc) is 3.09. The minimum atomic E-state index is 0.0942. The Morgan fingerprint density at radius 1 is 0.667 bits per heavy atom. The number of carbonyl (C=O) groups excluding carboxylic acids is 2. The van der Waals surface area contributed by atoms with Gasteiger partial charge < -0.3 is 19.3 Å². The lowest BCUT2D eigenvalue weighted by molar-refractivity contribution is -0.157. The highest BCUT2D eigenvalue weighted by Crippen LogP contribution is 2.43. The van der Waals surface area contributed by atoms with Gasteiger partial charge in [-0.05, 0) is 0 Å². The summed E-state index contributed by atoms with van der Waals surface area (Å²) in [6, 6.07) is 11.5. The zero-order chi connectivity index (χ0) is 35.9. The first-order valence-corrected chi connectivity index (χ1v) is 17.7. The molecule has 0 bridgehead atoms. The van der Waals surface area contributed by atoms with E-state index in [0.717, 1.165) is 61.8 Å². The third-order valence-electron chi connectivity index (χ3n) is 10.0. The fraction of sp³-hybridized carbons (Fsp3) is 0.405. The van der Waals surface area contributed by atoms with Crippen LogP contribution in [-0.4, -0.2) is 118 Å². The summed E-state index contributed by atoms with van der Waals surface area (Å²) in [7, 11) is 3.17. The molecule has 4 aromatic rings. The third-order valence-corrected chi connectivity index (χ3v) is 10.8. The molecule has 5 heterocycles. The van der Waals surface area contributed by atoms with Gasteiger partial charge in [0.15, 0.2) is 0 Å². The summed E-state index contributed by atoms with van der Waals surface area (Å²) in [5, 5.41) is 0.958. The number of hydrogen-bond donors (Lipinski definition) is 0. The molecule has 51 heavy (non-hydrogen) atoms. The van der Waals surface area contributed by atoms with Gasteiger partial charge in [0.2, 0.25) is 23.6 Å². The molecule has 7 rings (SSSR count). The first-order chi connectivity index (χ1) is 24.6. The van der Waals surface area contributed by atoms with E-state index in [0.29, 0.717) is 70.5 Å². The van der Waals surface area contributed by atoms with Crippen molar-refractivity contribution in [3.05, 3.63) is 70.2 Å². The molecule has 0 N–H and O–H groups in total. The second-order valence-electron chi connectivity index (χ2n) is 13.6. The molecule has 0 saturated carbocycles. The first kappa shape index (κ1) is 35.1. The highest BCUT2D eigenvalue weighted by molar-refractivity contribution is 6.39. The summed E-state index contributed by atoms with van der Waals surface area (Å²) in [5.41, 5.74) is 5.69. The maximum Gasteiger partial charge on any atom is 0.237 e. The molecule has 0 aliphatic carbocycles. The molecular formula is C37H40Cl2N8O4. The van der Waals surface area contributed by atoms with Crippen molar-refractivity contribution in [2.45, 2.75) is 26.9 Å². The quantitative estimate of drug-likeness (QED) is 0.235. The Balaban J connectivity index is 1.09. The minimum absolute atomic E-state index is 0.0942. The molecular weight excluding hydrogens is 691 g/mol. The highest BCUT2D eigenvalue weighted by atomic mass is 35.5. The predicted molar refractivity (Wildman–Crippen MR) is 195 cm³/mol. The lowest BCUT2D eigenvalue weighted by atomic mass is 9.73. The Labute approximate surface area is 307 Å². The van der Waals surface area contributed by atoms with Crippen molar-refractivity contribution < 1.29 is 19.1 Å². The summed E-state index contributed by atoms with van der Waals surface area (Å²) in [4.78, 5) is 50.7. The van der Waals surface area contributed by atoms with Crippen LogP contribution >= 0.6 is 23.2 Å². The number of nitrogens with zero attached hydrogens (tertiary/aromatic N) is 8. The van der Waals surface area contributed by atoms with E-state index in [4.69, 9.17) is 52.6 Å². The molecule has 3 saturated heterocycles. The van der Waals surface area contributed by atoms with Gasteiger partial charge in [-0.15, -0.1) is 0 Å². The smallest absolute Gasteiger partial charge is 0.237 e. The number of likely N-dealkylation sites (tertiary alicyclic amines) is 2. The van der Waals surface area contributed by atoms with Crippen molar-refractivity contribution >= 4 is 35.0 Å². The highest BCUT2D eigenvalue weighted by Gasteiger charge is 2.52. The Morgan fingerprint density at radius 3 is 1.57 bits per heavy atom. The number of hydrogen-bond acceptors (Lipinski definition) is 10. The van der Waals surface area contributed by atoms with Crippen LogP contribution in [-0.2, 0) is 22.7 Å². The fourth-order valence-corrected chi connectivity index (χ4v) is 7.97. The molecule has 12 nitrogen and oxygen atoms in total. The van der Waals surface area contributed by atoms with Gasteiger partial charge in [-0.2, -0.15) is 0 Å². The molecule has 2 aromatic carbocycles. The van der Waals surface area contributed by atoms with Crippen LogP contribution in [0.3, 0.4) is 0 Å². The Bertz CT molecular complexity index is 1970. The van der Waals surface area contributed by atoms with E-state index in [9.17, 15) is 9.59 Å². The predicted octanol–water partition coefficient (Wildman–Crippen LogP) is 4.92. The lowest BCUT2D eigenvalue weighted by Crippen LogP contribution is -2.72. The molecule has 0 atom stereocenters. The van der Waals surface area contributed by atoms with E-state index in [1.165, 1.54) is 0 Å². The van der Waals surface area contributed by atoms with E-state index in [1.807, 2.05) is 46.2 Å². The van der Waals surface area contributed by atoms with Gasteiger partial charge in [-0.25, -0.2) is 9.97 Å². The molecule has 266 valence electrons. The Kier molecular flexibility index (Phi) is 9.86. The topological polar surface area (TPSA) is 117 Å². The molecule has 14 heteroatoms. The van der Waals surface area contributed by atoms with Crippen LogP contribution in [0.4, 0.5) is 0 Å². The van der Waals surface area contributed by atoms with Crippen molar-refractivity contribution in [1.29, 1.82) is 0 Å². The molecule has 0 radical (unpaired) electrons. The van der Waals surface area contributed by atoms with Gasteiger partial charge in [0.1, 0.15) is 11.4 Å². The van der Waals surface area contributed by atoms with Gasteiger partial charge in [-0.3, -0.25) is 29.4 Å². The van der Waals surface area contributed by atoms with Gasteiger partial charge in [0.05, 0.1) is 48.0 Å². The molecule has 1 spiro atoms. The summed E-state index contributed by atoms with van der Waals surface area (Å²) < 4.78 is 11.3. The van der Waals surface area contributed by atoms with Crippen molar-refractivity contribution in [3.8, 4) is 45.4 Å². The Morgan fingerprint density at radius 2 is 1.12 bits per heavy atom. The van der Waals surface area contributed by atoms with Gasteiger partial charge >= 0.3 is 0 Å². The van der Waals surface area contributed by atoms with Crippen LogP contribution in [0.1, 0.15) is 25.2 Å². The Hall–Kier alpha value is -4.36. The van der Waals surface area contributed by atoms with Gasteiger partial charge in [-0.1, -0.05) is 59.6 Å². The van der Waals surface area contributed by atoms with Gasteiger partial charge in [0.25, 0.3) is 0 Å². The van der Waals surface area contributed by atoms with E-state index in [2.05, 4.69) is 9.80 Å².